The molecule has 1 unspecified atom stereocenters. The van der Waals surface area contributed by atoms with Gasteiger partial charge in [0.25, 0.3) is 0 Å². The fourth-order valence-electron chi connectivity index (χ4n) is 1.02. The molecule has 0 spiro atoms. The molecule has 0 heterocycles. The van der Waals surface area contributed by atoms with Gasteiger partial charge in [-0.25, -0.2) is 0 Å². The van der Waals surface area contributed by atoms with Gasteiger partial charge >= 0.3 is 0 Å². The zero-order chi connectivity index (χ0) is 10.1. The van der Waals surface area contributed by atoms with Crippen molar-refractivity contribution in [3.63, 3.8) is 0 Å². The van der Waals surface area contributed by atoms with E-state index in [2.05, 4.69) is 18.5 Å². The summed E-state index contributed by atoms with van der Waals surface area (Å²) >= 11 is 0. The number of nitrogens with zero attached hydrogens (tertiary/aromatic N) is 1. The van der Waals surface area contributed by atoms with Crippen LogP contribution in [-0.4, -0.2) is 42.4 Å². The van der Waals surface area contributed by atoms with Crippen LogP contribution in [0, 0.1) is 0 Å². The highest BCUT2D eigenvalue weighted by Crippen LogP contribution is 1.93. The summed E-state index contributed by atoms with van der Waals surface area (Å²) in [4.78, 5) is 1.93. The van der Waals surface area contributed by atoms with E-state index in [1.54, 1.807) is 13.0 Å². The normalized spacial score (nSPS) is 12.8. The van der Waals surface area contributed by atoms with Crippen LogP contribution in [0.3, 0.4) is 0 Å². The fraction of sp³-hybridized carbons (Fsp3) is 0.600. The molecule has 0 aliphatic carbocycles. The van der Waals surface area contributed by atoms with Gasteiger partial charge in [-0.3, -0.25) is 4.90 Å². The van der Waals surface area contributed by atoms with E-state index in [1.165, 1.54) is 0 Å². The van der Waals surface area contributed by atoms with Crippen LogP contribution in [0.25, 0.3) is 0 Å². The summed E-state index contributed by atoms with van der Waals surface area (Å²) in [5, 5.41) is 12.5. The first-order valence-electron chi connectivity index (χ1n) is 4.57. The van der Waals surface area contributed by atoms with Crippen LogP contribution >= 0.6 is 0 Å². The maximum Gasteiger partial charge on any atom is 0.104 e. The van der Waals surface area contributed by atoms with E-state index in [0.717, 1.165) is 19.6 Å². The Bertz CT molecular complexity index is 146. The minimum absolute atomic E-state index is 0.413. The Balaban J connectivity index is 3.56. The Kier molecular flexibility index (Phi) is 7.59. The SMILES string of the molecule is C=CCNCCN(CC=C)C(C)O. The minimum Gasteiger partial charge on any atom is -0.379 e. The van der Waals surface area contributed by atoms with Gasteiger partial charge in [-0.2, -0.15) is 0 Å². The molecule has 0 rings (SSSR count). The molecule has 0 saturated carbocycles. The standard InChI is InChI=1S/C10H20N2O/c1-4-6-11-7-9-12(8-5-2)10(3)13/h4-5,10-11,13H,1-2,6-9H2,3H3. The number of aliphatic hydroxyl groups excluding tert-OH is 1. The summed E-state index contributed by atoms with van der Waals surface area (Å²) in [6.45, 7) is 12.2. The lowest BCUT2D eigenvalue weighted by atomic mass is 10.4. The third-order valence-electron chi connectivity index (χ3n) is 1.76. The molecule has 13 heavy (non-hydrogen) atoms. The highest BCUT2D eigenvalue weighted by atomic mass is 16.3. The van der Waals surface area contributed by atoms with Gasteiger partial charge in [0.15, 0.2) is 0 Å². The molecule has 0 fully saturated rings. The number of rotatable bonds is 8. The second-order valence-corrected chi connectivity index (χ2v) is 2.91. The van der Waals surface area contributed by atoms with Gasteiger partial charge in [-0.1, -0.05) is 12.2 Å². The number of aliphatic hydroxyl groups is 1. The van der Waals surface area contributed by atoms with Gasteiger partial charge in [0.1, 0.15) is 6.23 Å². The van der Waals surface area contributed by atoms with Gasteiger partial charge in [0, 0.05) is 26.2 Å². The molecule has 2 N–H and O–H groups in total. The van der Waals surface area contributed by atoms with E-state index in [1.807, 2.05) is 11.0 Å². The molecule has 0 aliphatic heterocycles. The summed E-state index contributed by atoms with van der Waals surface area (Å²) < 4.78 is 0. The molecular formula is C10H20N2O. The topological polar surface area (TPSA) is 35.5 Å². The van der Waals surface area contributed by atoms with Gasteiger partial charge in [-0.05, 0) is 6.92 Å². The summed E-state index contributed by atoms with van der Waals surface area (Å²) in [5.41, 5.74) is 0. The third-order valence-corrected chi connectivity index (χ3v) is 1.76. The monoisotopic (exact) mass is 184 g/mol. The fourth-order valence-corrected chi connectivity index (χ4v) is 1.02. The Morgan fingerprint density at radius 3 is 2.62 bits per heavy atom. The molecule has 0 aromatic carbocycles. The van der Waals surface area contributed by atoms with E-state index >= 15 is 0 Å². The van der Waals surface area contributed by atoms with Crippen molar-refractivity contribution in [1.29, 1.82) is 0 Å². The maximum atomic E-state index is 9.33. The molecule has 0 amide bonds. The molecule has 0 saturated heterocycles. The van der Waals surface area contributed by atoms with Gasteiger partial charge < -0.3 is 10.4 Å². The Hall–Kier alpha value is -0.640. The van der Waals surface area contributed by atoms with E-state index in [0.29, 0.717) is 6.54 Å². The van der Waals surface area contributed by atoms with Crippen molar-refractivity contribution in [3.8, 4) is 0 Å². The van der Waals surface area contributed by atoms with Crippen LogP contribution in [0.1, 0.15) is 6.92 Å². The van der Waals surface area contributed by atoms with E-state index in [4.69, 9.17) is 0 Å². The van der Waals surface area contributed by atoms with E-state index in [9.17, 15) is 5.11 Å². The summed E-state index contributed by atoms with van der Waals surface area (Å²) in [5.74, 6) is 0. The van der Waals surface area contributed by atoms with Crippen molar-refractivity contribution >= 4 is 0 Å². The van der Waals surface area contributed by atoms with Gasteiger partial charge in [0.2, 0.25) is 0 Å². The minimum atomic E-state index is -0.413. The smallest absolute Gasteiger partial charge is 0.104 e. The molecule has 0 aromatic rings. The highest BCUT2D eigenvalue weighted by molar-refractivity contribution is 4.75. The molecule has 0 aliphatic rings. The zero-order valence-corrected chi connectivity index (χ0v) is 8.37. The lowest BCUT2D eigenvalue weighted by Gasteiger charge is -2.23. The lowest BCUT2D eigenvalue weighted by Crippen LogP contribution is -2.38. The highest BCUT2D eigenvalue weighted by Gasteiger charge is 2.06. The van der Waals surface area contributed by atoms with Crippen LogP contribution in [0.15, 0.2) is 25.3 Å². The Morgan fingerprint density at radius 1 is 1.46 bits per heavy atom. The average Bonchev–Trinajstić information content (AvgIpc) is 2.10. The molecule has 0 radical (unpaired) electrons. The van der Waals surface area contributed by atoms with E-state index < -0.39 is 6.23 Å². The first-order valence-corrected chi connectivity index (χ1v) is 4.57. The molecular weight excluding hydrogens is 164 g/mol. The zero-order valence-electron chi connectivity index (χ0n) is 8.37. The Labute approximate surface area is 80.7 Å². The summed E-state index contributed by atoms with van der Waals surface area (Å²) in [6, 6.07) is 0. The largest absolute Gasteiger partial charge is 0.379 e. The number of nitrogens with one attached hydrogen (secondary N) is 1. The first-order chi connectivity index (χ1) is 6.22. The van der Waals surface area contributed by atoms with Crippen LogP contribution in [-0.2, 0) is 0 Å². The third kappa shape index (κ3) is 6.51. The van der Waals surface area contributed by atoms with Crippen LogP contribution in [0.4, 0.5) is 0 Å². The van der Waals surface area contributed by atoms with Gasteiger partial charge in [-0.15, -0.1) is 13.2 Å². The summed E-state index contributed by atoms with van der Waals surface area (Å²) in [7, 11) is 0. The lowest BCUT2D eigenvalue weighted by molar-refractivity contribution is 0.0282. The molecule has 3 heteroatoms. The molecule has 1 atom stereocenters. The second-order valence-electron chi connectivity index (χ2n) is 2.91. The van der Waals surface area contributed by atoms with Crippen molar-refractivity contribution in [2.75, 3.05) is 26.2 Å². The number of hydrogen-bond acceptors (Lipinski definition) is 3. The molecule has 0 aromatic heterocycles. The van der Waals surface area contributed by atoms with Crippen LogP contribution in [0.2, 0.25) is 0 Å². The number of hydrogen-bond donors (Lipinski definition) is 2. The quantitative estimate of drug-likeness (QED) is 0.329. The molecule has 76 valence electrons. The predicted molar refractivity (Wildman–Crippen MR) is 56.5 cm³/mol. The van der Waals surface area contributed by atoms with E-state index in [-0.39, 0.29) is 0 Å². The first kappa shape index (κ1) is 12.4. The van der Waals surface area contributed by atoms with Crippen molar-refractivity contribution < 1.29 is 5.11 Å². The van der Waals surface area contributed by atoms with Crippen molar-refractivity contribution in [2.24, 2.45) is 0 Å². The van der Waals surface area contributed by atoms with Gasteiger partial charge in [0.05, 0.1) is 0 Å². The predicted octanol–water partition coefficient (Wildman–Crippen LogP) is 0.588. The average molecular weight is 184 g/mol. The second kappa shape index (κ2) is 7.98. The van der Waals surface area contributed by atoms with Crippen LogP contribution < -0.4 is 5.32 Å². The van der Waals surface area contributed by atoms with Crippen LogP contribution in [0.5, 0.6) is 0 Å². The maximum absolute atomic E-state index is 9.33. The Morgan fingerprint density at radius 2 is 2.15 bits per heavy atom. The molecule has 0 bridgehead atoms. The molecule has 3 nitrogen and oxygen atoms in total. The summed E-state index contributed by atoms with van der Waals surface area (Å²) in [6.07, 6.45) is 3.20. The van der Waals surface area contributed by atoms with Crippen molar-refractivity contribution in [2.45, 2.75) is 13.2 Å². The van der Waals surface area contributed by atoms with Crippen molar-refractivity contribution in [3.05, 3.63) is 25.3 Å². The van der Waals surface area contributed by atoms with Crippen molar-refractivity contribution in [1.82, 2.24) is 10.2 Å².